The first-order valence-electron chi connectivity index (χ1n) is 4.33. The van der Waals surface area contributed by atoms with Crippen molar-refractivity contribution in [1.29, 1.82) is 0 Å². The molecule has 0 amide bonds. The van der Waals surface area contributed by atoms with Crippen LogP contribution < -0.4 is 0 Å². The van der Waals surface area contributed by atoms with E-state index in [1.807, 2.05) is 12.1 Å². The van der Waals surface area contributed by atoms with E-state index in [0.717, 1.165) is 17.8 Å². The van der Waals surface area contributed by atoms with E-state index in [9.17, 15) is 4.79 Å². The number of nitrogens with zero attached hydrogens (tertiary/aromatic N) is 3. The average molecular weight is 252 g/mol. The molecule has 70 valence electrons. The van der Waals surface area contributed by atoms with Gasteiger partial charge in [-0.1, -0.05) is 0 Å². The Kier molecular flexibility index (Phi) is 1.53. The predicted molar refractivity (Wildman–Crippen MR) is 53.3 cm³/mol. The summed E-state index contributed by atoms with van der Waals surface area (Å²) < 4.78 is 2.33. The molecule has 1 aliphatic rings. The van der Waals surface area contributed by atoms with Gasteiger partial charge in [0.15, 0.2) is 11.4 Å². The molecule has 1 aliphatic carbocycles. The van der Waals surface area contributed by atoms with E-state index in [4.69, 9.17) is 0 Å². The van der Waals surface area contributed by atoms with Gasteiger partial charge in [-0.25, -0.2) is 9.50 Å². The largest absolute Gasteiger partial charge is 0.292 e. The van der Waals surface area contributed by atoms with Gasteiger partial charge in [0.25, 0.3) is 0 Å². The van der Waals surface area contributed by atoms with Crippen LogP contribution in [0.4, 0.5) is 0 Å². The van der Waals surface area contributed by atoms with E-state index in [1.54, 1.807) is 4.52 Å². The predicted octanol–water partition coefficient (Wildman–Crippen LogP) is 1.62. The fourth-order valence-electron chi connectivity index (χ4n) is 1.76. The lowest BCUT2D eigenvalue weighted by atomic mass is 10.3. The topological polar surface area (TPSA) is 47.3 Å². The second-order valence-corrected chi connectivity index (χ2v) is 4.07. The molecule has 0 atom stereocenters. The number of carbonyl (C=O) groups excluding carboxylic acids is 1. The maximum Gasteiger partial charge on any atom is 0.183 e. The molecule has 3 rings (SSSR count). The SMILES string of the molecule is O=C1CCc2nc3ccc(Br)nn3c21. The third-order valence-electron chi connectivity index (χ3n) is 2.37. The molecule has 0 N–H and O–H groups in total. The Labute approximate surface area is 88.1 Å². The Morgan fingerprint density at radius 1 is 1.36 bits per heavy atom. The molecule has 0 fully saturated rings. The lowest BCUT2D eigenvalue weighted by Crippen LogP contribution is -2.02. The van der Waals surface area contributed by atoms with E-state index in [2.05, 4.69) is 26.0 Å². The molecule has 0 saturated heterocycles. The van der Waals surface area contributed by atoms with Crippen molar-refractivity contribution in [3.05, 3.63) is 28.1 Å². The summed E-state index contributed by atoms with van der Waals surface area (Å²) in [6.45, 7) is 0. The van der Waals surface area contributed by atoms with E-state index < -0.39 is 0 Å². The summed E-state index contributed by atoms with van der Waals surface area (Å²) in [5.74, 6) is 0.137. The van der Waals surface area contributed by atoms with Crippen LogP contribution in [0.2, 0.25) is 0 Å². The van der Waals surface area contributed by atoms with Crippen LogP contribution in [0.15, 0.2) is 16.7 Å². The summed E-state index contributed by atoms with van der Waals surface area (Å²) in [7, 11) is 0. The Bertz CT molecular complexity index is 546. The van der Waals surface area contributed by atoms with E-state index in [0.29, 0.717) is 16.7 Å². The fourth-order valence-corrected chi connectivity index (χ4v) is 2.05. The van der Waals surface area contributed by atoms with Crippen molar-refractivity contribution in [1.82, 2.24) is 14.6 Å². The number of Topliss-reactive ketones (excluding diaryl/α,β-unsaturated/α-hetero) is 1. The van der Waals surface area contributed by atoms with Crippen molar-refractivity contribution >= 4 is 27.4 Å². The Hall–Kier alpha value is -1.23. The van der Waals surface area contributed by atoms with Gasteiger partial charge in [0.2, 0.25) is 0 Å². The van der Waals surface area contributed by atoms with Gasteiger partial charge >= 0.3 is 0 Å². The number of fused-ring (bicyclic) bond motifs is 3. The molecule has 5 heteroatoms. The van der Waals surface area contributed by atoms with Crippen LogP contribution >= 0.6 is 15.9 Å². The van der Waals surface area contributed by atoms with E-state index >= 15 is 0 Å². The van der Waals surface area contributed by atoms with Gasteiger partial charge in [-0.15, -0.1) is 0 Å². The minimum absolute atomic E-state index is 0.137. The Morgan fingerprint density at radius 3 is 3.07 bits per heavy atom. The van der Waals surface area contributed by atoms with Gasteiger partial charge in [-0.2, -0.15) is 5.10 Å². The maximum atomic E-state index is 11.5. The molecule has 2 heterocycles. The zero-order valence-corrected chi connectivity index (χ0v) is 8.78. The van der Waals surface area contributed by atoms with Crippen molar-refractivity contribution < 1.29 is 4.79 Å². The molecule has 0 unspecified atom stereocenters. The summed E-state index contributed by atoms with van der Waals surface area (Å²) in [6.07, 6.45) is 1.31. The number of imidazole rings is 1. The second kappa shape index (κ2) is 2.63. The minimum atomic E-state index is 0.137. The van der Waals surface area contributed by atoms with Crippen molar-refractivity contribution in [3.63, 3.8) is 0 Å². The molecule has 4 nitrogen and oxygen atoms in total. The highest BCUT2D eigenvalue weighted by molar-refractivity contribution is 9.10. The second-order valence-electron chi connectivity index (χ2n) is 3.26. The van der Waals surface area contributed by atoms with Crippen molar-refractivity contribution in [2.75, 3.05) is 0 Å². The lowest BCUT2D eigenvalue weighted by molar-refractivity contribution is 0.0988. The Balaban J connectivity index is 2.43. The number of halogens is 1. The van der Waals surface area contributed by atoms with Gasteiger partial charge in [0, 0.05) is 6.42 Å². The lowest BCUT2D eigenvalue weighted by Gasteiger charge is -1.95. The van der Waals surface area contributed by atoms with E-state index in [1.165, 1.54) is 0 Å². The molecule has 0 aliphatic heterocycles. The number of hydrogen-bond donors (Lipinski definition) is 0. The highest BCUT2D eigenvalue weighted by atomic mass is 79.9. The van der Waals surface area contributed by atoms with Crippen molar-refractivity contribution in [2.45, 2.75) is 12.8 Å². The zero-order chi connectivity index (χ0) is 9.71. The molecule has 0 aromatic carbocycles. The van der Waals surface area contributed by atoms with E-state index in [-0.39, 0.29) is 5.78 Å². The summed E-state index contributed by atoms with van der Waals surface area (Å²) >= 11 is 3.27. The third kappa shape index (κ3) is 0.957. The van der Waals surface area contributed by atoms with Gasteiger partial charge in [-0.05, 0) is 34.5 Å². The highest BCUT2D eigenvalue weighted by Crippen LogP contribution is 2.22. The normalized spacial score (nSPS) is 15.1. The highest BCUT2D eigenvalue weighted by Gasteiger charge is 2.26. The fraction of sp³-hybridized carbons (Fsp3) is 0.222. The maximum absolute atomic E-state index is 11.5. The average Bonchev–Trinajstić information content (AvgIpc) is 2.67. The van der Waals surface area contributed by atoms with Crippen molar-refractivity contribution in [3.8, 4) is 0 Å². The molecule has 14 heavy (non-hydrogen) atoms. The monoisotopic (exact) mass is 251 g/mol. The quantitative estimate of drug-likeness (QED) is 0.715. The summed E-state index contributed by atoms with van der Waals surface area (Å²) in [5.41, 5.74) is 2.27. The molecule has 0 spiro atoms. The van der Waals surface area contributed by atoms with Gasteiger partial charge in [0.05, 0.1) is 5.69 Å². The zero-order valence-electron chi connectivity index (χ0n) is 7.20. The van der Waals surface area contributed by atoms with Crippen LogP contribution in [0.3, 0.4) is 0 Å². The molecular weight excluding hydrogens is 246 g/mol. The van der Waals surface area contributed by atoms with Gasteiger partial charge in [0.1, 0.15) is 10.3 Å². The summed E-state index contributed by atoms with van der Waals surface area (Å²) in [4.78, 5) is 15.9. The number of hydrogen-bond acceptors (Lipinski definition) is 3. The molecule has 2 aromatic heterocycles. The molecular formula is C9H6BrN3O. The first-order valence-corrected chi connectivity index (χ1v) is 5.12. The number of aromatic nitrogens is 3. The van der Waals surface area contributed by atoms with Crippen LogP contribution in [0, 0.1) is 0 Å². The number of rotatable bonds is 0. The molecule has 0 saturated carbocycles. The van der Waals surface area contributed by atoms with Crippen LogP contribution in [0.5, 0.6) is 0 Å². The number of ketones is 1. The smallest absolute Gasteiger partial charge is 0.183 e. The van der Waals surface area contributed by atoms with Gasteiger partial charge in [-0.3, -0.25) is 4.79 Å². The molecule has 0 radical (unpaired) electrons. The summed E-state index contributed by atoms with van der Waals surface area (Å²) in [6, 6.07) is 3.67. The summed E-state index contributed by atoms with van der Waals surface area (Å²) in [5, 5.41) is 4.21. The third-order valence-corrected chi connectivity index (χ3v) is 2.79. The van der Waals surface area contributed by atoms with Crippen LogP contribution in [0.25, 0.3) is 5.65 Å². The van der Waals surface area contributed by atoms with Crippen LogP contribution in [0.1, 0.15) is 22.6 Å². The molecule has 2 aromatic rings. The Morgan fingerprint density at radius 2 is 2.21 bits per heavy atom. The first-order chi connectivity index (χ1) is 6.75. The first kappa shape index (κ1) is 8.11. The number of aryl methyl sites for hydroxylation is 1. The van der Waals surface area contributed by atoms with Gasteiger partial charge < -0.3 is 0 Å². The van der Waals surface area contributed by atoms with Crippen LogP contribution in [-0.2, 0) is 6.42 Å². The van der Waals surface area contributed by atoms with Crippen molar-refractivity contribution in [2.24, 2.45) is 0 Å². The standard InChI is InChI=1S/C9H6BrN3O/c10-7-3-4-8-11-5-1-2-6(14)9(5)13(8)12-7/h3-4H,1-2H2. The molecule has 0 bridgehead atoms. The minimum Gasteiger partial charge on any atom is -0.292 e. The number of carbonyl (C=O) groups is 1. The van der Waals surface area contributed by atoms with Crippen LogP contribution in [-0.4, -0.2) is 20.4 Å².